The predicted molar refractivity (Wildman–Crippen MR) is 70.0 cm³/mol. The molecule has 21 heavy (non-hydrogen) atoms. The Labute approximate surface area is 118 Å². The van der Waals surface area contributed by atoms with Gasteiger partial charge in [-0.15, -0.1) is 0 Å². The van der Waals surface area contributed by atoms with E-state index in [0.717, 1.165) is 6.07 Å². The fourth-order valence-corrected chi connectivity index (χ4v) is 1.72. The summed E-state index contributed by atoms with van der Waals surface area (Å²) in [5, 5.41) is 12.0. The van der Waals surface area contributed by atoms with Crippen LogP contribution in [-0.2, 0) is 6.18 Å². The zero-order valence-electron chi connectivity index (χ0n) is 10.9. The van der Waals surface area contributed by atoms with Gasteiger partial charge in [0.25, 0.3) is 5.91 Å². The van der Waals surface area contributed by atoms with Gasteiger partial charge in [0, 0.05) is 17.6 Å². The second kappa shape index (κ2) is 5.43. The molecule has 0 fully saturated rings. The Hall–Kier alpha value is -2.57. The second-order valence-corrected chi connectivity index (χ2v) is 4.37. The van der Waals surface area contributed by atoms with E-state index in [0.29, 0.717) is 23.5 Å². The van der Waals surface area contributed by atoms with Crippen LogP contribution in [0.1, 0.15) is 21.6 Å². The van der Waals surface area contributed by atoms with Gasteiger partial charge in [0.1, 0.15) is 5.75 Å². The van der Waals surface area contributed by atoms with Gasteiger partial charge >= 0.3 is 6.18 Å². The number of anilines is 1. The molecule has 0 atom stereocenters. The normalized spacial score (nSPS) is 11.2. The van der Waals surface area contributed by atoms with Crippen molar-refractivity contribution in [3.05, 3.63) is 53.3 Å². The van der Waals surface area contributed by atoms with Crippen LogP contribution in [-0.4, -0.2) is 16.0 Å². The summed E-state index contributed by atoms with van der Waals surface area (Å²) in [6.07, 6.45) is -3.13. The molecular weight excluding hydrogens is 285 g/mol. The molecule has 0 unspecified atom stereocenters. The van der Waals surface area contributed by atoms with Crippen molar-refractivity contribution in [3.63, 3.8) is 0 Å². The predicted octanol–water partition coefficient (Wildman–Crippen LogP) is 3.37. The van der Waals surface area contributed by atoms with E-state index in [4.69, 9.17) is 0 Å². The number of alkyl halides is 3. The van der Waals surface area contributed by atoms with Crippen molar-refractivity contribution in [1.29, 1.82) is 0 Å². The number of hydrogen-bond acceptors (Lipinski definition) is 3. The van der Waals surface area contributed by atoms with E-state index in [1.807, 2.05) is 0 Å². The molecule has 2 rings (SSSR count). The van der Waals surface area contributed by atoms with Gasteiger partial charge in [0.15, 0.2) is 0 Å². The summed E-state index contributed by atoms with van der Waals surface area (Å²) in [7, 11) is 0. The molecule has 1 aromatic carbocycles. The second-order valence-electron chi connectivity index (χ2n) is 4.37. The lowest BCUT2D eigenvalue weighted by Gasteiger charge is -2.11. The number of nitrogens with zero attached hydrogens (tertiary/aromatic N) is 1. The SMILES string of the molecule is Cc1cc(NC(=O)c2cc(C(F)(F)F)ccc2O)ccn1. The average Bonchev–Trinajstić information content (AvgIpc) is 2.37. The number of rotatable bonds is 2. The third-order valence-electron chi connectivity index (χ3n) is 2.72. The van der Waals surface area contributed by atoms with Crippen LogP contribution in [0.3, 0.4) is 0 Å². The summed E-state index contributed by atoms with van der Waals surface area (Å²) >= 11 is 0. The Morgan fingerprint density at radius 3 is 2.57 bits per heavy atom. The number of hydrogen-bond donors (Lipinski definition) is 2. The largest absolute Gasteiger partial charge is 0.507 e. The summed E-state index contributed by atoms with van der Waals surface area (Å²) in [5.41, 5.74) is -0.430. The number of aromatic hydroxyl groups is 1. The highest BCUT2D eigenvalue weighted by Crippen LogP contribution is 2.32. The van der Waals surface area contributed by atoms with Gasteiger partial charge in [-0.25, -0.2) is 0 Å². The Balaban J connectivity index is 2.31. The number of carbonyl (C=O) groups is 1. The van der Waals surface area contributed by atoms with Gasteiger partial charge in [-0.2, -0.15) is 13.2 Å². The van der Waals surface area contributed by atoms with E-state index in [2.05, 4.69) is 10.3 Å². The molecule has 2 aromatic rings. The van der Waals surface area contributed by atoms with Crippen LogP contribution in [0, 0.1) is 6.92 Å². The van der Waals surface area contributed by atoms with Crippen molar-refractivity contribution in [1.82, 2.24) is 4.98 Å². The standard InChI is InChI=1S/C14H11F3N2O2/c1-8-6-10(4-5-18-8)19-13(21)11-7-9(14(15,16)17)2-3-12(11)20/h2-7,20H,1H3,(H,18,19,21). The highest BCUT2D eigenvalue weighted by Gasteiger charge is 2.31. The minimum Gasteiger partial charge on any atom is -0.507 e. The summed E-state index contributed by atoms with van der Waals surface area (Å²) in [6, 6.07) is 5.22. The van der Waals surface area contributed by atoms with Crippen LogP contribution in [0.2, 0.25) is 0 Å². The molecule has 4 nitrogen and oxygen atoms in total. The van der Waals surface area contributed by atoms with Gasteiger partial charge in [-0.1, -0.05) is 0 Å². The molecule has 1 aromatic heterocycles. The first-order chi connectivity index (χ1) is 9.77. The van der Waals surface area contributed by atoms with E-state index < -0.39 is 29.0 Å². The van der Waals surface area contributed by atoms with Crippen LogP contribution >= 0.6 is 0 Å². The molecule has 0 aliphatic carbocycles. The molecule has 1 heterocycles. The number of nitrogens with one attached hydrogen (secondary N) is 1. The molecule has 0 aliphatic heterocycles. The van der Waals surface area contributed by atoms with Crippen molar-refractivity contribution >= 4 is 11.6 Å². The van der Waals surface area contributed by atoms with Crippen molar-refractivity contribution in [2.24, 2.45) is 0 Å². The topological polar surface area (TPSA) is 62.2 Å². The van der Waals surface area contributed by atoms with Gasteiger partial charge in [-0.05, 0) is 37.3 Å². The Morgan fingerprint density at radius 1 is 1.24 bits per heavy atom. The van der Waals surface area contributed by atoms with Gasteiger partial charge in [0.2, 0.25) is 0 Å². The quantitative estimate of drug-likeness (QED) is 0.893. The monoisotopic (exact) mass is 296 g/mol. The van der Waals surface area contributed by atoms with Gasteiger partial charge < -0.3 is 10.4 Å². The maximum Gasteiger partial charge on any atom is 0.416 e. The zero-order valence-corrected chi connectivity index (χ0v) is 10.9. The molecule has 7 heteroatoms. The van der Waals surface area contributed by atoms with Crippen LogP contribution in [0.15, 0.2) is 36.5 Å². The molecule has 0 aliphatic rings. The van der Waals surface area contributed by atoms with E-state index in [1.165, 1.54) is 12.3 Å². The molecule has 2 N–H and O–H groups in total. The summed E-state index contributed by atoms with van der Waals surface area (Å²) in [6.45, 7) is 1.71. The Bertz CT molecular complexity index is 684. The fraction of sp³-hybridized carbons (Fsp3) is 0.143. The Morgan fingerprint density at radius 2 is 1.95 bits per heavy atom. The molecular formula is C14H11F3N2O2. The number of pyridine rings is 1. The van der Waals surface area contributed by atoms with Crippen LogP contribution in [0.4, 0.5) is 18.9 Å². The maximum atomic E-state index is 12.6. The highest BCUT2D eigenvalue weighted by molar-refractivity contribution is 6.06. The summed E-state index contributed by atoms with van der Waals surface area (Å²) in [4.78, 5) is 15.9. The van der Waals surface area contributed by atoms with Crippen molar-refractivity contribution in [2.75, 3.05) is 5.32 Å². The minimum atomic E-state index is -4.59. The molecule has 0 saturated heterocycles. The molecule has 110 valence electrons. The van der Waals surface area contributed by atoms with E-state index in [1.54, 1.807) is 13.0 Å². The number of amides is 1. The first kappa shape index (κ1) is 14.8. The number of carbonyl (C=O) groups excluding carboxylic acids is 1. The van der Waals surface area contributed by atoms with E-state index >= 15 is 0 Å². The number of benzene rings is 1. The first-order valence-corrected chi connectivity index (χ1v) is 5.91. The van der Waals surface area contributed by atoms with E-state index in [-0.39, 0.29) is 0 Å². The maximum absolute atomic E-state index is 12.6. The summed E-state index contributed by atoms with van der Waals surface area (Å²) in [5.74, 6) is -1.35. The lowest BCUT2D eigenvalue weighted by atomic mass is 10.1. The molecule has 1 amide bonds. The molecule has 0 saturated carbocycles. The van der Waals surface area contributed by atoms with Gasteiger partial charge in [-0.3, -0.25) is 9.78 Å². The number of halogens is 3. The highest BCUT2D eigenvalue weighted by atomic mass is 19.4. The van der Waals surface area contributed by atoms with E-state index in [9.17, 15) is 23.1 Å². The lowest BCUT2D eigenvalue weighted by molar-refractivity contribution is -0.137. The smallest absolute Gasteiger partial charge is 0.416 e. The Kier molecular flexibility index (Phi) is 3.84. The van der Waals surface area contributed by atoms with Crippen LogP contribution in [0.25, 0.3) is 0 Å². The third kappa shape index (κ3) is 3.50. The molecule has 0 radical (unpaired) electrons. The molecule has 0 spiro atoms. The van der Waals surface area contributed by atoms with Gasteiger partial charge in [0.05, 0.1) is 11.1 Å². The summed E-state index contributed by atoms with van der Waals surface area (Å²) < 4.78 is 37.9. The fourth-order valence-electron chi connectivity index (χ4n) is 1.72. The van der Waals surface area contributed by atoms with Crippen LogP contribution in [0.5, 0.6) is 5.75 Å². The van der Waals surface area contributed by atoms with Crippen molar-refractivity contribution in [3.8, 4) is 5.75 Å². The number of aromatic nitrogens is 1. The third-order valence-corrected chi connectivity index (χ3v) is 2.72. The minimum absolute atomic E-state index is 0.379. The lowest BCUT2D eigenvalue weighted by Crippen LogP contribution is -2.14. The number of aryl methyl sites for hydroxylation is 1. The van der Waals surface area contributed by atoms with Crippen molar-refractivity contribution in [2.45, 2.75) is 13.1 Å². The number of phenolic OH excluding ortho intramolecular Hbond substituents is 1. The number of phenols is 1. The first-order valence-electron chi connectivity index (χ1n) is 5.91. The van der Waals surface area contributed by atoms with Crippen molar-refractivity contribution < 1.29 is 23.1 Å². The molecule has 0 bridgehead atoms. The van der Waals surface area contributed by atoms with Crippen LogP contribution < -0.4 is 5.32 Å². The zero-order chi connectivity index (χ0) is 15.6. The average molecular weight is 296 g/mol.